The van der Waals surface area contributed by atoms with Crippen LogP contribution in [0.5, 0.6) is 0 Å². The van der Waals surface area contributed by atoms with Gasteiger partial charge in [-0.15, -0.1) is 0 Å². The van der Waals surface area contributed by atoms with Crippen molar-refractivity contribution in [3.8, 4) is 0 Å². The summed E-state index contributed by atoms with van der Waals surface area (Å²) in [5, 5.41) is 3.61. The first-order valence-electron chi connectivity index (χ1n) is 8.34. The minimum absolute atomic E-state index is 0.653. The van der Waals surface area contributed by atoms with Crippen LogP contribution in [0, 0.1) is 0 Å². The van der Waals surface area contributed by atoms with E-state index in [0.717, 1.165) is 12.6 Å². The average Bonchev–Trinajstić information content (AvgIpc) is 2.46. The number of nitrogens with zero attached hydrogens (tertiary/aromatic N) is 2. The molecule has 0 spiro atoms. The monoisotopic (exact) mass is 269 g/mol. The minimum Gasteiger partial charge on any atom is -0.315 e. The van der Waals surface area contributed by atoms with Crippen molar-refractivity contribution >= 4 is 0 Å². The van der Waals surface area contributed by atoms with Gasteiger partial charge >= 0.3 is 0 Å². The van der Waals surface area contributed by atoms with Gasteiger partial charge in [-0.2, -0.15) is 0 Å². The second-order valence-corrected chi connectivity index (χ2v) is 6.09. The highest BCUT2D eigenvalue weighted by Crippen LogP contribution is 2.16. The third-order valence-electron chi connectivity index (χ3n) is 4.67. The maximum atomic E-state index is 3.61. The summed E-state index contributed by atoms with van der Waals surface area (Å²) in [6.07, 6.45) is 6.66. The SMILES string of the molecule is CCCCCNCC(C)N(C)C1CCN(CC)CC1. The van der Waals surface area contributed by atoms with E-state index in [1.54, 1.807) is 0 Å². The highest BCUT2D eigenvalue weighted by molar-refractivity contribution is 4.81. The lowest BCUT2D eigenvalue weighted by Gasteiger charge is -2.39. The molecular weight excluding hydrogens is 234 g/mol. The molecule has 0 saturated carbocycles. The lowest BCUT2D eigenvalue weighted by Crippen LogP contribution is -2.49. The van der Waals surface area contributed by atoms with Gasteiger partial charge in [-0.1, -0.05) is 26.7 Å². The minimum atomic E-state index is 0.653. The summed E-state index contributed by atoms with van der Waals surface area (Å²) in [5.41, 5.74) is 0. The largest absolute Gasteiger partial charge is 0.315 e. The van der Waals surface area contributed by atoms with Crippen LogP contribution in [0.25, 0.3) is 0 Å². The molecule has 0 bridgehead atoms. The molecule has 1 N–H and O–H groups in total. The van der Waals surface area contributed by atoms with Crippen LogP contribution in [0.4, 0.5) is 0 Å². The number of hydrogen-bond donors (Lipinski definition) is 1. The summed E-state index contributed by atoms with van der Waals surface area (Å²) in [7, 11) is 2.31. The maximum absolute atomic E-state index is 3.61. The number of piperidine rings is 1. The third-order valence-corrected chi connectivity index (χ3v) is 4.67. The van der Waals surface area contributed by atoms with E-state index in [9.17, 15) is 0 Å². The van der Waals surface area contributed by atoms with Crippen molar-refractivity contribution < 1.29 is 0 Å². The quantitative estimate of drug-likeness (QED) is 0.649. The van der Waals surface area contributed by atoms with E-state index in [-0.39, 0.29) is 0 Å². The summed E-state index contributed by atoms with van der Waals surface area (Å²) in [6, 6.07) is 1.44. The van der Waals surface area contributed by atoms with Crippen LogP contribution >= 0.6 is 0 Å². The second-order valence-electron chi connectivity index (χ2n) is 6.09. The molecule has 1 saturated heterocycles. The molecule has 0 radical (unpaired) electrons. The Hall–Kier alpha value is -0.120. The number of rotatable bonds is 9. The topological polar surface area (TPSA) is 18.5 Å². The van der Waals surface area contributed by atoms with Crippen molar-refractivity contribution in [2.45, 2.75) is 65.0 Å². The summed E-state index contributed by atoms with van der Waals surface area (Å²) >= 11 is 0. The van der Waals surface area contributed by atoms with Crippen molar-refractivity contribution in [1.82, 2.24) is 15.1 Å². The van der Waals surface area contributed by atoms with Crippen LogP contribution in [0.2, 0.25) is 0 Å². The molecule has 1 atom stereocenters. The molecule has 1 aliphatic heterocycles. The zero-order valence-electron chi connectivity index (χ0n) is 13.6. The molecule has 0 aromatic heterocycles. The molecule has 1 unspecified atom stereocenters. The molecule has 3 heteroatoms. The van der Waals surface area contributed by atoms with E-state index in [2.05, 4.69) is 42.9 Å². The average molecular weight is 269 g/mol. The molecule has 1 rings (SSSR count). The van der Waals surface area contributed by atoms with E-state index in [0.29, 0.717) is 6.04 Å². The van der Waals surface area contributed by atoms with E-state index >= 15 is 0 Å². The van der Waals surface area contributed by atoms with Crippen molar-refractivity contribution in [1.29, 1.82) is 0 Å². The van der Waals surface area contributed by atoms with Crippen molar-refractivity contribution in [2.75, 3.05) is 39.8 Å². The lowest BCUT2D eigenvalue weighted by molar-refractivity contribution is 0.104. The van der Waals surface area contributed by atoms with Gasteiger partial charge in [-0.05, 0) is 59.4 Å². The van der Waals surface area contributed by atoms with Crippen LogP contribution in [0.15, 0.2) is 0 Å². The van der Waals surface area contributed by atoms with Gasteiger partial charge in [0.2, 0.25) is 0 Å². The van der Waals surface area contributed by atoms with Crippen LogP contribution in [-0.4, -0.2) is 61.7 Å². The van der Waals surface area contributed by atoms with Crippen LogP contribution < -0.4 is 5.32 Å². The molecule has 0 aromatic carbocycles. The standard InChI is InChI=1S/C16H35N3/c1-5-7-8-11-17-14-15(3)18(4)16-9-12-19(6-2)13-10-16/h15-17H,5-14H2,1-4H3. The van der Waals surface area contributed by atoms with Gasteiger partial charge in [-0.25, -0.2) is 0 Å². The fourth-order valence-electron chi connectivity index (χ4n) is 2.96. The molecule has 0 aromatic rings. The Balaban J connectivity index is 2.15. The van der Waals surface area contributed by atoms with E-state index in [1.807, 2.05) is 0 Å². The first-order valence-corrected chi connectivity index (χ1v) is 8.34. The van der Waals surface area contributed by atoms with Gasteiger partial charge < -0.3 is 10.2 Å². The first kappa shape index (κ1) is 16.9. The van der Waals surface area contributed by atoms with Crippen LogP contribution in [-0.2, 0) is 0 Å². The molecule has 19 heavy (non-hydrogen) atoms. The number of likely N-dealkylation sites (N-methyl/N-ethyl adjacent to an activating group) is 1. The zero-order valence-corrected chi connectivity index (χ0v) is 13.6. The predicted octanol–water partition coefficient (Wildman–Crippen LogP) is 2.57. The Morgan fingerprint density at radius 3 is 2.47 bits per heavy atom. The normalized spacial score (nSPS) is 20.1. The Labute approximate surface area is 120 Å². The molecule has 114 valence electrons. The molecule has 1 fully saturated rings. The van der Waals surface area contributed by atoms with E-state index in [1.165, 1.54) is 58.3 Å². The smallest absolute Gasteiger partial charge is 0.0192 e. The molecule has 1 aliphatic rings. The molecule has 0 aliphatic carbocycles. The van der Waals surface area contributed by atoms with Gasteiger partial charge in [0.1, 0.15) is 0 Å². The maximum Gasteiger partial charge on any atom is 0.0192 e. The van der Waals surface area contributed by atoms with Gasteiger partial charge in [-0.3, -0.25) is 4.90 Å². The van der Waals surface area contributed by atoms with Gasteiger partial charge in [0.15, 0.2) is 0 Å². The van der Waals surface area contributed by atoms with Crippen molar-refractivity contribution in [3.63, 3.8) is 0 Å². The number of unbranched alkanes of at least 4 members (excludes halogenated alkanes) is 2. The fraction of sp³-hybridized carbons (Fsp3) is 1.00. The van der Waals surface area contributed by atoms with Gasteiger partial charge in [0.05, 0.1) is 0 Å². The van der Waals surface area contributed by atoms with Crippen LogP contribution in [0.1, 0.15) is 52.9 Å². The fourth-order valence-corrected chi connectivity index (χ4v) is 2.96. The molecule has 0 amide bonds. The predicted molar refractivity (Wildman–Crippen MR) is 84.8 cm³/mol. The van der Waals surface area contributed by atoms with Crippen LogP contribution in [0.3, 0.4) is 0 Å². The summed E-state index contributed by atoms with van der Waals surface area (Å²) in [5.74, 6) is 0. The zero-order chi connectivity index (χ0) is 14.1. The number of hydrogen-bond acceptors (Lipinski definition) is 3. The van der Waals surface area contributed by atoms with Gasteiger partial charge in [0, 0.05) is 18.6 Å². The summed E-state index contributed by atoms with van der Waals surface area (Å²) in [4.78, 5) is 5.16. The lowest BCUT2D eigenvalue weighted by atomic mass is 10.0. The summed E-state index contributed by atoms with van der Waals surface area (Å²) < 4.78 is 0. The highest BCUT2D eigenvalue weighted by atomic mass is 15.2. The third kappa shape index (κ3) is 6.24. The summed E-state index contributed by atoms with van der Waals surface area (Å²) in [6.45, 7) is 13.0. The Bertz CT molecular complexity index is 212. The molecule has 3 nitrogen and oxygen atoms in total. The number of nitrogens with one attached hydrogen (secondary N) is 1. The molecule has 1 heterocycles. The van der Waals surface area contributed by atoms with Crippen molar-refractivity contribution in [2.24, 2.45) is 0 Å². The van der Waals surface area contributed by atoms with Crippen molar-refractivity contribution in [3.05, 3.63) is 0 Å². The highest BCUT2D eigenvalue weighted by Gasteiger charge is 2.24. The number of likely N-dealkylation sites (tertiary alicyclic amines) is 1. The second kappa shape index (κ2) is 9.73. The van der Waals surface area contributed by atoms with Gasteiger partial charge in [0.25, 0.3) is 0 Å². The Kier molecular flexibility index (Phi) is 8.67. The Morgan fingerprint density at radius 1 is 1.21 bits per heavy atom. The van der Waals surface area contributed by atoms with E-state index < -0.39 is 0 Å². The molecular formula is C16H35N3. The van der Waals surface area contributed by atoms with E-state index in [4.69, 9.17) is 0 Å². The Morgan fingerprint density at radius 2 is 1.89 bits per heavy atom. The first-order chi connectivity index (χ1) is 9.19.